The monoisotopic (exact) mass is 188 g/mol. The third-order valence-corrected chi connectivity index (χ3v) is 2.44. The minimum Gasteiger partial charge on any atom is -0.389 e. The Balaban J connectivity index is 2.57. The molecule has 0 aliphatic carbocycles. The molecule has 1 amide bonds. The number of nitrogens with two attached hydrogens (primary N) is 1. The maximum Gasteiger partial charge on any atom is 0.234 e. The fraction of sp³-hybridized carbons (Fsp3) is 0.875. The van der Waals surface area contributed by atoms with Crippen LogP contribution in [0.4, 0.5) is 0 Å². The fourth-order valence-corrected chi connectivity index (χ4v) is 1.69. The van der Waals surface area contributed by atoms with Crippen molar-refractivity contribution in [2.45, 2.75) is 31.6 Å². The van der Waals surface area contributed by atoms with Crippen LogP contribution < -0.4 is 5.73 Å². The molecule has 1 fully saturated rings. The molecule has 0 radical (unpaired) electrons. The number of nitrogens with zero attached hydrogens (tertiary/aromatic N) is 1. The molecule has 0 saturated carbocycles. The quantitative estimate of drug-likeness (QED) is 0.492. The number of amides is 1. The summed E-state index contributed by atoms with van der Waals surface area (Å²) >= 11 is 0. The van der Waals surface area contributed by atoms with E-state index >= 15 is 0 Å². The first kappa shape index (κ1) is 10.4. The minimum atomic E-state index is -0.756. The van der Waals surface area contributed by atoms with E-state index in [1.165, 1.54) is 0 Å². The van der Waals surface area contributed by atoms with Crippen molar-refractivity contribution in [3.05, 3.63) is 0 Å². The van der Waals surface area contributed by atoms with Crippen molar-refractivity contribution in [2.75, 3.05) is 13.1 Å². The SMILES string of the molecule is CCC(C(N)=O)N1CC(O)C(O)C1. The second-order valence-corrected chi connectivity index (χ2v) is 3.42. The highest BCUT2D eigenvalue weighted by Gasteiger charge is 2.35. The maximum atomic E-state index is 10.9. The molecule has 13 heavy (non-hydrogen) atoms. The van der Waals surface area contributed by atoms with Crippen LogP contribution in [-0.4, -0.2) is 52.4 Å². The number of carbonyl (C=O) groups excluding carboxylic acids is 1. The van der Waals surface area contributed by atoms with Crippen molar-refractivity contribution in [3.63, 3.8) is 0 Å². The second kappa shape index (κ2) is 4.04. The third kappa shape index (κ3) is 2.18. The smallest absolute Gasteiger partial charge is 0.234 e. The molecule has 0 bridgehead atoms. The molecule has 3 atom stereocenters. The van der Waals surface area contributed by atoms with Gasteiger partial charge in [0.15, 0.2) is 0 Å². The van der Waals surface area contributed by atoms with Gasteiger partial charge in [0, 0.05) is 13.1 Å². The molecule has 3 unspecified atom stereocenters. The van der Waals surface area contributed by atoms with Crippen molar-refractivity contribution in [1.82, 2.24) is 4.90 Å². The van der Waals surface area contributed by atoms with E-state index in [1.54, 1.807) is 4.90 Å². The van der Waals surface area contributed by atoms with Crippen LogP contribution in [0.3, 0.4) is 0 Å². The van der Waals surface area contributed by atoms with Crippen LogP contribution in [-0.2, 0) is 4.79 Å². The van der Waals surface area contributed by atoms with Gasteiger partial charge in [-0.1, -0.05) is 6.92 Å². The topological polar surface area (TPSA) is 86.8 Å². The Morgan fingerprint density at radius 3 is 2.31 bits per heavy atom. The summed E-state index contributed by atoms with van der Waals surface area (Å²) in [6.07, 6.45) is -0.906. The van der Waals surface area contributed by atoms with E-state index in [0.717, 1.165) is 0 Å². The summed E-state index contributed by atoms with van der Waals surface area (Å²) in [4.78, 5) is 12.7. The first-order chi connectivity index (χ1) is 6.06. The average Bonchev–Trinajstić information content (AvgIpc) is 2.32. The Labute approximate surface area is 77.1 Å². The molecular weight excluding hydrogens is 172 g/mol. The Kier molecular flexibility index (Phi) is 3.24. The van der Waals surface area contributed by atoms with Crippen LogP contribution in [0, 0.1) is 0 Å². The number of hydrogen-bond acceptors (Lipinski definition) is 4. The molecule has 0 aromatic heterocycles. The molecule has 5 nitrogen and oxygen atoms in total. The second-order valence-electron chi connectivity index (χ2n) is 3.42. The lowest BCUT2D eigenvalue weighted by Crippen LogP contribution is -2.43. The van der Waals surface area contributed by atoms with E-state index in [-0.39, 0.29) is 6.04 Å². The third-order valence-electron chi connectivity index (χ3n) is 2.44. The van der Waals surface area contributed by atoms with Crippen LogP contribution in [0.1, 0.15) is 13.3 Å². The molecule has 4 N–H and O–H groups in total. The standard InChI is InChI=1S/C8H16N2O3/c1-2-5(8(9)13)10-3-6(11)7(12)4-10/h5-7,11-12H,2-4H2,1H3,(H2,9,13). The molecule has 1 aliphatic rings. The predicted octanol–water partition coefficient (Wildman–Crippen LogP) is -1.71. The van der Waals surface area contributed by atoms with Crippen molar-refractivity contribution >= 4 is 5.91 Å². The number of rotatable bonds is 3. The van der Waals surface area contributed by atoms with E-state index in [9.17, 15) is 15.0 Å². The Hall–Kier alpha value is -0.650. The number of hydrogen-bond donors (Lipinski definition) is 3. The van der Waals surface area contributed by atoms with Gasteiger partial charge in [0.1, 0.15) is 0 Å². The summed E-state index contributed by atoms with van der Waals surface area (Å²) < 4.78 is 0. The van der Waals surface area contributed by atoms with Gasteiger partial charge < -0.3 is 15.9 Å². The van der Waals surface area contributed by atoms with Crippen LogP contribution in [0.5, 0.6) is 0 Å². The van der Waals surface area contributed by atoms with E-state index in [4.69, 9.17) is 5.73 Å². The number of β-amino-alcohol motifs (C(OH)–C–C–N with tert-alkyl or cyclic N) is 2. The molecule has 1 heterocycles. The van der Waals surface area contributed by atoms with Gasteiger partial charge in [-0.2, -0.15) is 0 Å². The van der Waals surface area contributed by atoms with Gasteiger partial charge in [0.25, 0.3) is 0 Å². The van der Waals surface area contributed by atoms with E-state index in [2.05, 4.69) is 0 Å². The van der Waals surface area contributed by atoms with E-state index in [0.29, 0.717) is 19.5 Å². The van der Waals surface area contributed by atoms with Crippen LogP contribution in [0.25, 0.3) is 0 Å². The lowest BCUT2D eigenvalue weighted by molar-refractivity contribution is -0.123. The van der Waals surface area contributed by atoms with E-state index < -0.39 is 18.1 Å². The molecule has 1 rings (SSSR count). The molecule has 0 aromatic carbocycles. The maximum absolute atomic E-state index is 10.9. The molecule has 5 heteroatoms. The zero-order chi connectivity index (χ0) is 10.0. The zero-order valence-electron chi connectivity index (χ0n) is 7.68. The Morgan fingerprint density at radius 2 is 2.00 bits per heavy atom. The highest BCUT2D eigenvalue weighted by molar-refractivity contribution is 5.79. The van der Waals surface area contributed by atoms with Gasteiger partial charge in [-0.05, 0) is 6.42 Å². The normalized spacial score (nSPS) is 31.9. The van der Waals surface area contributed by atoms with Gasteiger partial charge in [-0.3, -0.25) is 9.69 Å². The highest BCUT2D eigenvalue weighted by atomic mass is 16.3. The number of carbonyl (C=O) groups is 1. The van der Waals surface area contributed by atoms with Crippen molar-refractivity contribution in [2.24, 2.45) is 5.73 Å². The largest absolute Gasteiger partial charge is 0.389 e. The molecular formula is C8H16N2O3. The van der Waals surface area contributed by atoms with Crippen LogP contribution >= 0.6 is 0 Å². The van der Waals surface area contributed by atoms with E-state index in [1.807, 2.05) is 6.92 Å². The predicted molar refractivity (Wildman–Crippen MR) is 46.9 cm³/mol. The lowest BCUT2D eigenvalue weighted by atomic mass is 10.2. The van der Waals surface area contributed by atoms with Crippen molar-refractivity contribution in [1.29, 1.82) is 0 Å². The highest BCUT2D eigenvalue weighted by Crippen LogP contribution is 2.14. The Morgan fingerprint density at radius 1 is 1.54 bits per heavy atom. The van der Waals surface area contributed by atoms with Gasteiger partial charge in [-0.15, -0.1) is 0 Å². The number of likely N-dealkylation sites (tertiary alicyclic amines) is 1. The summed E-state index contributed by atoms with van der Waals surface area (Å²) in [5.74, 6) is -0.399. The molecule has 76 valence electrons. The number of aliphatic hydroxyl groups excluding tert-OH is 2. The minimum absolute atomic E-state index is 0.322. The van der Waals surface area contributed by atoms with Gasteiger partial charge in [0.05, 0.1) is 18.2 Å². The van der Waals surface area contributed by atoms with Crippen molar-refractivity contribution in [3.8, 4) is 0 Å². The summed E-state index contributed by atoms with van der Waals surface area (Å²) in [6, 6.07) is -0.369. The molecule has 1 saturated heterocycles. The average molecular weight is 188 g/mol. The summed E-state index contributed by atoms with van der Waals surface area (Å²) in [5.41, 5.74) is 5.17. The summed E-state index contributed by atoms with van der Waals surface area (Å²) in [5, 5.41) is 18.5. The van der Waals surface area contributed by atoms with Gasteiger partial charge in [0.2, 0.25) is 5.91 Å². The summed E-state index contributed by atoms with van der Waals surface area (Å²) in [6.45, 7) is 2.50. The fourth-order valence-electron chi connectivity index (χ4n) is 1.69. The Bertz CT molecular complexity index is 188. The first-order valence-electron chi connectivity index (χ1n) is 4.45. The zero-order valence-corrected chi connectivity index (χ0v) is 7.68. The van der Waals surface area contributed by atoms with Gasteiger partial charge >= 0.3 is 0 Å². The molecule has 0 spiro atoms. The van der Waals surface area contributed by atoms with Crippen LogP contribution in [0.2, 0.25) is 0 Å². The molecule has 1 aliphatic heterocycles. The summed E-state index contributed by atoms with van der Waals surface area (Å²) in [7, 11) is 0. The van der Waals surface area contributed by atoms with Gasteiger partial charge in [-0.25, -0.2) is 0 Å². The molecule has 0 aromatic rings. The number of aliphatic hydroxyl groups is 2. The number of primary amides is 1. The van der Waals surface area contributed by atoms with Crippen molar-refractivity contribution < 1.29 is 15.0 Å². The first-order valence-corrected chi connectivity index (χ1v) is 4.45. The van der Waals surface area contributed by atoms with Crippen LogP contribution in [0.15, 0.2) is 0 Å². The lowest BCUT2D eigenvalue weighted by Gasteiger charge is -2.22.